The number of hydrogen-bond acceptors (Lipinski definition) is 3. The molecule has 0 unspecified atom stereocenters. The second-order valence-electron chi connectivity index (χ2n) is 5.27. The fraction of sp³-hybridized carbons (Fsp3) is 0.533. The van der Waals surface area contributed by atoms with Crippen LogP contribution in [0, 0.1) is 5.41 Å². The van der Waals surface area contributed by atoms with Gasteiger partial charge in [-0.05, 0) is 38.0 Å². The highest BCUT2D eigenvalue weighted by molar-refractivity contribution is 6.04. The molecule has 0 saturated carbocycles. The standard InChI is InChI=1S/C15H23N3O2/c1-4-5-8-17-13(19)15(2,3)14(20)18-11-12-6-9-16-10-7-12/h6-7,9-10H,4-5,8,11H2,1-3H3,(H,17,19)(H,18,20). The van der Waals surface area contributed by atoms with E-state index in [4.69, 9.17) is 0 Å². The molecule has 0 spiro atoms. The fourth-order valence-corrected chi connectivity index (χ4v) is 1.61. The summed E-state index contributed by atoms with van der Waals surface area (Å²) in [5.41, 5.74) is -0.114. The van der Waals surface area contributed by atoms with Crippen LogP contribution >= 0.6 is 0 Å². The first kappa shape index (κ1) is 16.1. The predicted molar refractivity (Wildman–Crippen MR) is 77.8 cm³/mol. The Labute approximate surface area is 120 Å². The van der Waals surface area contributed by atoms with Gasteiger partial charge in [0.25, 0.3) is 0 Å². The molecule has 20 heavy (non-hydrogen) atoms. The van der Waals surface area contributed by atoms with Crippen molar-refractivity contribution < 1.29 is 9.59 Å². The zero-order valence-corrected chi connectivity index (χ0v) is 12.4. The minimum Gasteiger partial charge on any atom is -0.355 e. The lowest BCUT2D eigenvalue weighted by Gasteiger charge is -2.22. The normalized spacial score (nSPS) is 10.9. The third kappa shape index (κ3) is 4.64. The van der Waals surface area contributed by atoms with Gasteiger partial charge < -0.3 is 10.6 Å². The van der Waals surface area contributed by atoms with Crippen LogP contribution in [0.15, 0.2) is 24.5 Å². The van der Waals surface area contributed by atoms with Crippen LogP contribution in [0.25, 0.3) is 0 Å². The number of unbranched alkanes of at least 4 members (excludes halogenated alkanes) is 1. The second kappa shape index (κ2) is 7.62. The van der Waals surface area contributed by atoms with Gasteiger partial charge in [0.2, 0.25) is 11.8 Å². The fourth-order valence-electron chi connectivity index (χ4n) is 1.61. The van der Waals surface area contributed by atoms with E-state index < -0.39 is 5.41 Å². The molecule has 0 fully saturated rings. The molecule has 5 heteroatoms. The molecule has 0 aliphatic carbocycles. The van der Waals surface area contributed by atoms with E-state index >= 15 is 0 Å². The zero-order valence-electron chi connectivity index (χ0n) is 12.4. The van der Waals surface area contributed by atoms with Crippen molar-refractivity contribution in [2.45, 2.75) is 40.2 Å². The minimum atomic E-state index is -1.07. The molecule has 0 atom stereocenters. The molecular weight excluding hydrogens is 254 g/mol. The number of aromatic nitrogens is 1. The third-order valence-corrected chi connectivity index (χ3v) is 3.15. The molecule has 5 nitrogen and oxygen atoms in total. The van der Waals surface area contributed by atoms with Crippen LogP contribution in [0.1, 0.15) is 39.2 Å². The molecule has 0 aliphatic heterocycles. The Balaban J connectivity index is 2.49. The lowest BCUT2D eigenvalue weighted by Crippen LogP contribution is -2.47. The van der Waals surface area contributed by atoms with Crippen LogP contribution < -0.4 is 10.6 Å². The molecule has 2 N–H and O–H groups in total. The quantitative estimate of drug-likeness (QED) is 0.588. The van der Waals surface area contributed by atoms with E-state index in [1.165, 1.54) is 0 Å². The summed E-state index contributed by atoms with van der Waals surface area (Å²) in [5.74, 6) is -0.513. The van der Waals surface area contributed by atoms with E-state index in [0.717, 1.165) is 18.4 Å². The average Bonchev–Trinajstić information content (AvgIpc) is 2.45. The Morgan fingerprint density at radius 2 is 1.75 bits per heavy atom. The summed E-state index contributed by atoms with van der Waals surface area (Å²) in [5, 5.41) is 5.58. The van der Waals surface area contributed by atoms with E-state index in [9.17, 15) is 9.59 Å². The Morgan fingerprint density at radius 3 is 2.35 bits per heavy atom. The Bertz CT molecular complexity index is 444. The van der Waals surface area contributed by atoms with Gasteiger partial charge in [-0.1, -0.05) is 13.3 Å². The summed E-state index contributed by atoms with van der Waals surface area (Å²) < 4.78 is 0. The van der Waals surface area contributed by atoms with E-state index in [2.05, 4.69) is 22.5 Å². The molecule has 0 bridgehead atoms. The van der Waals surface area contributed by atoms with Gasteiger partial charge in [-0.15, -0.1) is 0 Å². The van der Waals surface area contributed by atoms with Crippen LogP contribution in [0.3, 0.4) is 0 Å². The maximum Gasteiger partial charge on any atom is 0.235 e. The third-order valence-electron chi connectivity index (χ3n) is 3.15. The Morgan fingerprint density at radius 1 is 1.15 bits per heavy atom. The molecule has 110 valence electrons. The van der Waals surface area contributed by atoms with Gasteiger partial charge in [0.15, 0.2) is 0 Å². The number of amides is 2. The molecule has 0 aromatic carbocycles. The molecule has 2 amide bonds. The maximum atomic E-state index is 12.1. The van der Waals surface area contributed by atoms with E-state index in [-0.39, 0.29) is 11.8 Å². The lowest BCUT2D eigenvalue weighted by molar-refractivity contribution is -0.141. The Kier molecular flexibility index (Phi) is 6.15. The van der Waals surface area contributed by atoms with Crippen molar-refractivity contribution in [3.8, 4) is 0 Å². The summed E-state index contributed by atoms with van der Waals surface area (Å²) >= 11 is 0. The number of rotatable bonds is 7. The van der Waals surface area contributed by atoms with Gasteiger partial charge in [0.1, 0.15) is 5.41 Å². The van der Waals surface area contributed by atoms with Gasteiger partial charge in [0, 0.05) is 25.5 Å². The molecule has 1 aromatic rings. The van der Waals surface area contributed by atoms with Gasteiger partial charge in [0.05, 0.1) is 0 Å². The van der Waals surface area contributed by atoms with Crippen molar-refractivity contribution in [3.05, 3.63) is 30.1 Å². The summed E-state index contributed by atoms with van der Waals surface area (Å²) in [6, 6.07) is 3.66. The van der Waals surface area contributed by atoms with E-state index in [1.54, 1.807) is 26.2 Å². The SMILES string of the molecule is CCCCNC(=O)C(C)(C)C(=O)NCc1ccncc1. The van der Waals surface area contributed by atoms with Crippen molar-refractivity contribution in [3.63, 3.8) is 0 Å². The van der Waals surface area contributed by atoms with Crippen LogP contribution in [0.2, 0.25) is 0 Å². The lowest BCUT2D eigenvalue weighted by atomic mass is 9.91. The van der Waals surface area contributed by atoms with Gasteiger partial charge in [-0.3, -0.25) is 14.6 Å². The monoisotopic (exact) mass is 277 g/mol. The van der Waals surface area contributed by atoms with Crippen LogP contribution in [0.4, 0.5) is 0 Å². The number of carbonyl (C=O) groups excluding carboxylic acids is 2. The number of hydrogen-bond donors (Lipinski definition) is 2. The molecule has 1 heterocycles. The highest BCUT2D eigenvalue weighted by Crippen LogP contribution is 2.15. The molecule has 0 aliphatic rings. The molecule has 0 radical (unpaired) electrons. The van der Waals surface area contributed by atoms with Crippen molar-refractivity contribution in [1.82, 2.24) is 15.6 Å². The first-order valence-corrected chi connectivity index (χ1v) is 6.94. The number of nitrogens with one attached hydrogen (secondary N) is 2. The summed E-state index contributed by atoms with van der Waals surface area (Å²) in [6.45, 7) is 6.33. The predicted octanol–water partition coefficient (Wildman–Crippen LogP) is 1.64. The molecular formula is C15H23N3O2. The van der Waals surface area contributed by atoms with E-state index in [1.807, 2.05) is 12.1 Å². The summed E-state index contributed by atoms with van der Waals surface area (Å²) in [7, 11) is 0. The molecule has 1 rings (SSSR count). The average molecular weight is 277 g/mol. The number of carbonyl (C=O) groups is 2. The number of pyridine rings is 1. The molecule has 0 saturated heterocycles. The first-order valence-electron chi connectivity index (χ1n) is 6.94. The highest BCUT2D eigenvalue weighted by atomic mass is 16.2. The largest absolute Gasteiger partial charge is 0.355 e. The van der Waals surface area contributed by atoms with Gasteiger partial charge in [-0.2, -0.15) is 0 Å². The Hall–Kier alpha value is -1.91. The highest BCUT2D eigenvalue weighted by Gasteiger charge is 2.35. The topological polar surface area (TPSA) is 71.1 Å². The summed E-state index contributed by atoms with van der Waals surface area (Å²) in [4.78, 5) is 28.0. The number of nitrogens with zero attached hydrogens (tertiary/aromatic N) is 1. The first-order chi connectivity index (χ1) is 9.48. The van der Waals surface area contributed by atoms with E-state index in [0.29, 0.717) is 13.1 Å². The van der Waals surface area contributed by atoms with Gasteiger partial charge in [-0.25, -0.2) is 0 Å². The van der Waals surface area contributed by atoms with Crippen molar-refractivity contribution in [2.75, 3.05) is 6.54 Å². The van der Waals surface area contributed by atoms with Crippen molar-refractivity contribution in [1.29, 1.82) is 0 Å². The van der Waals surface area contributed by atoms with Crippen molar-refractivity contribution in [2.24, 2.45) is 5.41 Å². The zero-order chi connectivity index (χ0) is 15.0. The van der Waals surface area contributed by atoms with Crippen LogP contribution in [-0.4, -0.2) is 23.3 Å². The van der Waals surface area contributed by atoms with Crippen LogP contribution in [-0.2, 0) is 16.1 Å². The molecule has 1 aromatic heterocycles. The van der Waals surface area contributed by atoms with Crippen molar-refractivity contribution >= 4 is 11.8 Å². The minimum absolute atomic E-state index is 0.238. The maximum absolute atomic E-state index is 12.1. The summed E-state index contributed by atoms with van der Waals surface area (Å²) in [6.07, 6.45) is 5.27. The smallest absolute Gasteiger partial charge is 0.235 e. The van der Waals surface area contributed by atoms with Crippen LogP contribution in [0.5, 0.6) is 0 Å². The second-order valence-corrected chi connectivity index (χ2v) is 5.27. The van der Waals surface area contributed by atoms with Gasteiger partial charge >= 0.3 is 0 Å².